The molecule has 0 aliphatic heterocycles. The van der Waals surface area contributed by atoms with Crippen LogP contribution in [0.1, 0.15) is 10.4 Å². The molecule has 0 radical (unpaired) electrons. The van der Waals surface area contributed by atoms with E-state index in [-0.39, 0.29) is 5.78 Å². The third-order valence-electron chi connectivity index (χ3n) is 1.48. The van der Waals surface area contributed by atoms with Crippen LogP contribution in [-0.2, 0) is 0 Å². The molecule has 0 bridgehead atoms. The van der Waals surface area contributed by atoms with Crippen molar-refractivity contribution in [3.05, 3.63) is 18.0 Å². The van der Waals surface area contributed by atoms with Gasteiger partial charge in [0.05, 0.1) is 10.9 Å². The largest absolute Gasteiger partial charge is 0.347 e. The molecule has 0 fully saturated rings. The predicted octanol–water partition coefficient (Wildman–Crippen LogP) is 1.12. The number of nitrogens with zero attached hydrogens (tertiary/aromatic N) is 3. The molecule has 13 heavy (non-hydrogen) atoms. The van der Waals surface area contributed by atoms with Crippen molar-refractivity contribution in [1.82, 2.24) is 9.97 Å². The Balaban J connectivity index is 2.87. The molecule has 0 saturated heterocycles. The predicted molar refractivity (Wildman–Crippen MR) is 54.5 cm³/mol. The lowest BCUT2D eigenvalue weighted by Gasteiger charge is -2.08. The second kappa shape index (κ2) is 4.32. The van der Waals surface area contributed by atoms with Gasteiger partial charge in [0.1, 0.15) is 0 Å². The standard InChI is InChI=1S/C8H10BrN3O/c1-12(2)8-10-4-6(5-11-8)7(13)3-9/h4-5H,3H2,1-2H3. The van der Waals surface area contributed by atoms with Gasteiger partial charge in [-0.2, -0.15) is 0 Å². The van der Waals surface area contributed by atoms with Crippen molar-refractivity contribution in [2.75, 3.05) is 24.3 Å². The van der Waals surface area contributed by atoms with E-state index in [0.29, 0.717) is 16.8 Å². The minimum absolute atomic E-state index is 0.00898. The summed E-state index contributed by atoms with van der Waals surface area (Å²) in [6, 6.07) is 0. The third-order valence-corrected chi connectivity index (χ3v) is 1.99. The van der Waals surface area contributed by atoms with E-state index in [2.05, 4.69) is 25.9 Å². The molecule has 0 saturated carbocycles. The van der Waals surface area contributed by atoms with Gasteiger partial charge >= 0.3 is 0 Å². The Morgan fingerprint density at radius 1 is 1.46 bits per heavy atom. The van der Waals surface area contributed by atoms with E-state index < -0.39 is 0 Å². The monoisotopic (exact) mass is 243 g/mol. The number of anilines is 1. The number of hydrogen-bond acceptors (Lipinski definition) is 4. The van der Waals surface area contributed by atoms with Gasteiger partial charge in [0.25, 0.3) is 0 Å². The van der Waals surface area contributed by atoms with Crippen LogP contribution in [0.4, 0.5) is 5.95 Å². The fraction of sp³-hybridized carbons (Fsp3) is 0.375. The lowest BCUT2D eigenvalue weighted by Crippen LogP contribution is -2.13. The molecule has 1 aromatic rings. The molecule has 1 aromatic heterocycles. The smallest absolute Gasteiger partial charge is 0.224 e. The second-order valence-electron chi connectivity index (χ2n) is 2.72. The number of alkyl halides is 1. The van der Waals surface area contributed by atoms with Crippen LogP contribution in [0.15, 0.2) is 12.4 Å². The summed E-state index contributed by atoms with van der Waals surface area (Å²) in [6.45, 7) is 0. The zero-order chi connectivity index (χ0) is 9.84. The molecule has 0 aliphatic rings. The van der Waals surface area contributed by atoms with Gasteiger partial charge in [0.15, 0.2) is 5.78 Å². The van der Waals surface area contributed by atoms with Crippen molar-refractivity contribution >= 4 is 27.7 Å². The van der Waals surface area contributed by atoms with Crippen LogP contribution in [0.5, 0.6) is 0 Å². The number of aromatic nitrogens is 2. The highest BCUT2D eigenvalue weighted by atomic mass is 79.9. The summed E-state index contributed by atoms with van der Waals surface area (Å²) in [5, 5.41) is 0.303. The van der Waals surface area contributed by atoms with Crippen molar-refractivity contribution in [3.63, 3.8) is 0 Å². The topological polar surface area (TPSA) is 46.1 Å². The number of carbonyl (C=O) groups is 1. The molecule has 0 unspecified atom stereocenters. The maximum Gasteiger partial charge on any atom is 0.224 e. The van der Waals surface area contributed by atoms with Crippen LogP contribution < -0.4 is 4.90 Å². The number of carbonyl (C=O) groups excluding carboxylic acids is 1. The van der Waals surface area contributed by atoms with Crippen molar-refractivity contribution < 1.29 is 4.79 Å². The van der Waals surface area contributed by atoms with Gasteiger partial charge < -0.3 is 4.90 Å². The first-order valence-electron chi connectivity index (χ1n) is 3.73. The van der Waals surface area contributed by atoms with Crippen molar-refractivity contribution in [1.29, 1.82) is 0 Å². The summed E-state index contributed by atoms with van der Waals surface area (Å²) in [5.74, 6) is 0.594. The van der Waals surface area contributed by atoms with Crippen LogP contribution in [0, 0.1) is 0 Å². The summed E-state index contributed by atoms with van der Waals surface area (Å²) < 4.78 is 0. The van der Waals surface area contributed by atoms with Crippen LogP contribution in [0.25, 0.3) is 0 Å². The minimum atomic E-state index is -0.00898. The first kappa shape index (κ1) is 10.1. The first-order chi connectivity index (χ1) is 6.15. The first-order valence-corrected chi connectivity index (χ1v) is 4.86. The Kier molecular flexibility index (Phi) is 3.36. The average Bonchev–Trinajstić information content (AvgIpc) is 2.17. The third kappa shape index (κ3) is 2.48. The fourth-order valence-corrected chi connectivity index (χ4v) is 1.10. The van der Waals surface area contributed by atoms with Gasteiger partial charge in [0, 0.05) is 26.5 Å². The maximum absolute atomic E-state index is 11.2. The van der Waals surface area contributed by atoms with E-state index >= 15 is 0 Å². The van der Waals surface area contributed by atoms with Gasteiger partial charge in [0.2, 0.25) is 5.95 Å². The quantitative estimate of drug-likeness (QED) is 0.590. The Bertz CT molecular complexity index is 297. The van der Waals surface area contributed by atoms with Crippen molar-refractivity contribution in [3.8, 4) is 0 Å². The molecule has 70 valence electrons. The maximum atomic E-state index is 11.2. The lowest BCUT2D eigenvalue weighted by molar-refractivity contribution is 0.102. The van der Waals surface area contributed by atoms with Gasteiger partial charge in [-0.1, -0.05) is 15.9 Å². The number of hydrogen-bond donors (Lipinski definition) is 0. The van der Waals surface area contributed by atoms with Crippen molar-refractivity contribution in [2.24, 2.45) is 0 Å². The zero-order valence-electron chi connectivity index (χ0n) is 7.49. The Morgan fingerprint density at radius 2 is 2.00 bits per heavy atom. The highest BCUT2D eigenvalue weighted by molar-refractivity contribution is 9.09. The summed E-state index contributed by atoms with van der Waals surface area (Å²) in [5.41, 5.74) is 0.530. The molecule has 0 atom stereocenters. The number of halogens is 1. The van der Waals surface area contributed by atoms with Crippen molar-refractivity contribution in [2.45, 2.75) is 0 Å². The average molecular weight is 244 g/mol. The van der Waals surface area contributed by atoms with E-state index in [1.807, 2.05) is 14.1 Å². The Hall–Kier alpha value is -0.970. The van der Waals surface area contributed by atoms with Gasteiger partial charge in [-0.15, -0.1) is 0 Å². The molecule has 0 spiro atoms. The van der Waals surface area contributed by atoms with Crippen LogP contribution >= 0.6 is 15.9 Å². The molecule has 1 rings (SSSR count). The molecule has 0 N–H and O–H groups in total. The van der Waals surface area contributed by atoms with Gasteiger partial charge in [-0.25, -0.2) is 9.97 Å². The number of Topliss-reactive ketones (excluding diaryl/α,β-unsaturated/α-hetero) is 1. The molecular weight excluding hydrogens is 234 g/mol. The Labute approximate surface area is 85.1 Å². The molecular formula is C8H10BrN3O. The van der Waals surface area contributed by atoms with Crippen LogP contribution in [0.3, 0.4) is 0 Å². The molecule has 1 heterocycles. The summed E-state index contributed by atoms with van der Waals surface area (Å²) in [7, 11) is 3.70. The van der Waals surface area contributed by atoms with E-state index in [1.165, 1.54) is 12.4 Å². The van der Waals surface area contributed by atoms with Gasteiger partial charge in [-0.3, -0.25) is 4.79 Å². The summed E-state index contributed by atoms with van der Waals surface area (Å²) >= 11 is 3.08. The highest BCUT2D eigenvalue weighted by Gasteiger charge is 2.05. The number of rotatable bonds is 3. The summed E-state index contributed by atoms with van der Waals surface area (Å²) in [4.78, 5) is 21.0. The highest BCUT2D eigenvalue weighted by Crippen LogP contribution is 2.04. The minimum Gasteiger partial charge on any atom is -0.347 e. The van der Waals surface area contributed by atoms with Crippen LogP contribution in [0.2, 0.25) is 0 Å². The SMILES string of the molecule is CN(C)c1ncc(C(=O)CBr)cn1. The van der Waals surface area contributed by atoms with E-state index in [1.54, 1.807) is 4.90 Å². The molecule has 0 amide bonds. The molecule has 0 aliphatic carbocycles. The molecule has 4 nitrogen and oxygen atoms in total. The summed E-state index contributed by atoms with van der Waals surface area (Å²) in [6.07, 6.45) is 3.07. The zero-order valence-corrected chi connectivity index (χ0v) is 9.08. The normalized spacial score (nSPS) is 9.77. The lowest BCUT2D eigenvalue weighted by atomic mass is 10.2. The fourth-order valence-electron chi connectivity index (χ4n) is 0.773. The van der Waals surface area contributed by atoms with E-state index in [4.69, 9.17) is 0 Å². The van der Waals surface area contributed by atoms with E-state index in [0.717, 1.165) is 0 Å². The van der Waals surface area contributed by atoms with E-state index in [9.17, 15) is 4.79 Å². The molecule has 5 heteroatoms. The Morgan fingerprint density at radius 3 is 2.38 bits per heavy atom. The number of ketones is 1. The van der Waals surface area contributed by atoms with Gasteiger partial charge in [-0.05, 0) is 0 Å². The second-order valence-corrected chi connectivity index (χ2v) is 3.28. The molecule has 0 aromatic carbocycles. The van der Waals surface area contributed by atoms with Crippen LogP contribution in [-0.4, -0.2) is 35.2 Å².